The van der Waals surface area contributed by atoms with Crippen molar-refractivity contribution in [3.05, 3.63) is 30.0 Å². The van der Waals surface area contributed by atoms with E-state index < -0.39 is 11.5 Å². The Labute approximate surface area is 122 Å². The fraction of sp³-hybridized carbons (Fsp3) is 0.400. The number of ether oxygens (including phenoxy) is 1. The van der Waals surface area contributed by atoms with Crippen LogP contribution in [0, 0.1) is 0 Å². The molecule has 1 aromatic heterocycles. The molecule has 0 saturated carbocycles. The molecule has 0 spiro atoms. The Kier molecular flexibility index (Phi) is 4.26. The molecule has 1 aromatic carbocycles. The number of carbonyl (C=O) groups excluding carboxylic acids is 2. The van der Waals surface area contributed by atoms with E-state index in [4.69, 9.17) is 4.74 Å². The molecule has 6 heteroatoms. The number of H-pyrrole nitrogens is 1. The van der Waals surface area contributed by atoms with E-state index in [1.807, 2.05) is 6.92 Å². The first-order chi connectivity index (χ1) is 10.00. The fourth-order valence-electron chi connectivity index (χ4n) is 2.35. The summed E-state index contributed by atoms with van der Waals surface area (Å²) in [6.07, 6.45) is 2.92. The number of amides is 1. The van der Waals surface area contributed by atoms with Gasteiger partial charge in [-0.05, 0) is 31.5 Å². The molecule has 2 rings (SSSR count). The van der Waals surface area contributed by atoms with Crippen molar-refractivity contribution in [1.82, 2.24) is 15.5 Å². The molecular weight excluding hydrogens is 270 g/mol. The third-order valence-corrected chi connectivity index (χ3v) is 3.48. The highest BCUT2D eigenvalue weighted by atomic mass is 16.5. The van der Waals surface area contributed by atoms with Crippen molar-refractivity contribution < 1.29 is 14.3 Å². The van der Waals surface area contributed by atoms with Gasteiger partial charge in [-0.1, -0.05) is 13.3 Å². The van der Waals surface area contributed by atoms with Crippen LogP contribution in [-0.2, 0) is 9.53 Å². The van der Waals surface area contributed by atoms with Gasteiger partial charge in [0.1, 0.15) is 5.54 Å². The predicted molar refractivity (Wildman–Crippen MR) is 78.9 cm³/mol. The lowest BCUT2D eigenvalue weighted by molar-refractivity contribution is -0.147. The molecule has 0 bridgehead atoms. The second-order valence-electron chi connectivity index (χ2n) is 5.20. The standard InChI is InChI=1S/C15H19N3O3/c1-4-7-15(2,14(20)21-3)17-13(19)10-5-6-12-11(8-10)9-16-18-12/h5-6,8-9H,4,7H2,1-3H3,(H,16,18)(H,17,19). The highest BCUT2D eigenvalue weighted by molar-refractivity contribution is 6.00. The second-order valence-corrected chi connectivity index (χ2v) is 5.20. The van der Waals surface area contributed by atoms with E-state index in [9.17, 15) is 9.59 Å². The smallest absolute Gasteiger partial charge is 0.331 e. The number of methoxy groups -OCH3 is 1. The third kappa shape index (κ3) is 3.04. The van der Waals surface area contributed by atoms with E-state index in [1.165, 1.54) is 7.11 Å². The Bertz CT molecular complexity index is 665. The lowest BCUT2D eigenvalue weighted by Gasteiger charge is -2.27. The summed E-state index contributed by atoms with van der Waals surface area (Å²) in [6, 6.07) is 5.21. The maximum Gasteiger partial charge on any atom is 0.331 e. The average Bonchev–Trinajstić information content (AvgIpc) is 2.93. The first-order valence-electron chi connectivity index (χ1n) is 6.84. The molecule has 2 N–H and O–H groups in total. The molecule has 1 atom stereocenters. The molecule has 1 heterocycles. The highest BCUT2D eigenvalue weighted by Crippen LogP contribution is 2.17. The van der Waals surface area contributed by atoms with Gasteiger partial charge in [0.15, 0.2) is 0 Å². The van der Waals surface area contributed by atoms with Gasteiger partial charge in [-0.2, -0.15) is 5.10 Å². The van der Waals surface area contributed by atoms with E-state index in [1.54, 1.807) is 31.3 Å². The molecule has 0 radical (unpaired) electrons. The van der Waals surface area contributed by atoms with Crippen LogP contribution in [0.2, 0.25) is 0 Å². The number of carbonyl (C=O) groups is 2. The van der Waals surface area contributed by atoms with Crippen LogP contribution in [0.25, 0.3) is 10.9 Å². The third-order valence-electron chi connectivity index (χ3n) is 3.48. The molecule has 0 aliphatic carbocycles. The van der Waals surface area contributed by atoms with Crippen molar-refractivity contribution in [2.24, 2.45) is 0 Å². The molecule has 1 amide bonds. The lowest BCUT2D eigenvalue weighted by atomic mass is 9.95. The van der Waals surface area contributed by atoms with Crippen LogP contribution in [0.1, 0.15) is 37.0 Å². The summed E-state index contributed by atoms with van der Waals surface area (Å²) in [5.41, 5.74) is 0.317. The molecule has 0 aliphatic heterocycles. The average molecular weight is 289 g/mol. The van der Waals surface area contributed by atoms with Crippen molar-refractivity contribution in [1.29, 1.82) is 0 Å². The van der Waals surface area contributed by atoms with Crippen LogP contribution >= 0.6 is 0 Å². The SMILES string of the molecule is CCCC(C)(NC(=O)c1ccc2[nH]ncc2c1)C(=O)OC. The zero-order valence-electron chi connectivity index (χ0n) is 12.4. The van der Waals surface area contributed by atoms with Crippen LogP contribution < -0.4 is 5.32 Å². The lowest BCUT2D eigenvalue weighted by Crippen LogP contribution is -2.52. The maximum atomic E-state index is 12.4. The number of rotatable bonds is 5. The van der Waals surface area contributed by atoms with Gasteiger partial charge in [0.05, 0.1) is 18.8 Å². The van der Waals surface area contributed by atoms with Crippen LogP contribution in [0.15, 0.2) is 24.4 Å². The quantitative estimate of drug-likeness (QED) is 0.825. The monoisotopic (exact) mass is 289 g/mol. The molecule has 112 valence electrons. The summed E-state index contributed by atoms with van der Waals surface area (Å²) in [5.74, 6) is -0.749. The molecule has 1 unspecified atom stereocenters. The minimum Gasteiger partial charge on any atom is -0.467 e. The molecular formula is C15H19N3O3. The zero-order chi connectivity index (χ0) is 15.5. The van der Waals surface area contributed by atoms with Crippen LogP contribution in [-0.4, -0.2) is 34.7 Å². The minimum absolute atomic E-state index is 0.306. The molecule has 6 nitrogen and oxygen atoms in total. The number of aromatic amines is 1. The van der Waals surface area contributed by atoms with Crippen LogP contribution in [0.5, 0.6) is 0 Å². The van der Waals surface area contributed by atoms with E-state index in [-0.39, 0.29) is 5.91 Å². The van der Waals surface area contributed by atoms with Crippen molar-refractivity contribution in [3.8, 4) is 0 Å². The zero-order valence-corrected chi connectivity index (χ0v) is 12.4. The van der Waals surface area contributed by atoms with Crippen molar-refractivity contribution in [2.75, 3.05) is 7.11 Å². The van der Waals surface area contributed by atoms with Gasteiger partial charge >= 0.3 is 5.97 Å². The van der Waals surface area contributed by atoms with Crippen molar-refractivity contribution >= 4 is 22.8 Å². The van der Waals surface area contributed by atoms with E-state index >= 15 is 0 Å². The molecule has 0 saturated heterocycles. The second kappa shape index (κ2) is 5.95. The number of aromatic nitrogens is 2. The number of benzene rings is 1. The normalized spacial score (nSPS) is 13.7. The minimum atomic E-state index is -1.02. The van der Waals surface area contributed by atoms with Gasteiger partial charge in [-0.15, -0.1) is 0 Å². The van der Waals surface area contributed by atoms with Gasteiger partial charge in [-0.3, -0.25) is 9.89 Å². The van der Waals surface area contributed by atoms with Gasteiger partial charge < -0.3 is 10.1 Å². The summed E-state index contributed by atoms with van der Waals surface area (Å²) < 4.78 is 4.79. The molecule has 2 aromatic rings. The number of esters is 1. The van der Waals surface area contributed by atoms with Crippen molar-refractivity contribution in [2.45, 2.75) is 32.2 Å². The van der Waals surface area contributed by atoms with Gasteiger partial charge in [0.25, 0.3) is 5.91 Å². The summed E-state index contributed by atoms with van der Waals surface area (Å²) in [4.78, 5) is 24.3. The Morgan fingerprint density at radius 1 is 1.43 bits per heavy atom. The first kappa shape index (κ1) is 15.0. The summed E-state index contributed by atoms with van der Waals surface area (Å²) in [5, 5.41) is 10.4. The fourth-order valence-corrected chi connectivity index (χ4v) is 2.35. The Morgan fingerprint density at radius 3 is 2.86 bits per heavy atom. The Hall–Kier alpha value is -2.37. The number of nitrogens with zero attached hydrogens (tertiary/aromatic N) is 1. The summed E-state index contributed by atoms with van der Waals surface area (Å²) in [6.45, 7) is 3.63. The van der Waals surface area contributed by atoms with E-state index in [0.29, 0.717) is 12.0 Å². The highest BCUT2D eigenvalue weighted by Gasteiger charge is 2.35. The predicted octanol–water partition coefficient (Wildman–Crippen LogP) is 2.02. The van der Waals surface area contributed by atoms with E-state index in [0.717, 1.165) is 17.3 Å². The van der Waals surface area contributed by atoms with Crippen molar-refractivity contribution in [3.63, 3.8) is 0 Å². The van der Waals surface area contributed by atoms with Gasteiger partial charge in [-0.25, -0.2) is 4.79 Å². The summed E-state index contributed by atoms with van der Waals surface area (Å²) >= 11 is 0. The first-order valence-corrected chi connectivity index (χ1v) is 6.84. The molecule has 21 heavy (non-hydrogen) atoms. The number of nitrogens with one attached hydrogen (secondary N) is 2. The molecule has 0 fully saturated rings. The topological polar surface area (TPSA) is 84.1 Å². The number of fused-ring (bicyclic) bond motifs is 1. The van der Waals surface area contributed by atoms with Gasteiger partial charge in [0.2, 0.25) is 0 Å². The molecule has 0 aliphatic rings. The maximum absolute atomic E-state index is 12.4. The Morgan fingerprint density at radius 2 is 2.19 bits per heavy atom. The van der Waals surface area contributed by atoms with Crippen LogP contribution in [0.3, 0.4) is 0 Å². The largest absolute Gasteiger partial charge is 0.467 e. The summed E-state index contributed by atoms with van der Waals surface area (Å²) in [7, 11) is 1.32. The van der Waals surface area contributed by atoms with E-state index in [2.05, 4.69) is 15.5 Å². The number of hydrogen-bond donors (Lipinski definition) is 2. The van der Waals surface area contributed by atoms with Crippen LogP contribution in [0.4, 0.5) is 0 Å². The number of hydrogen-bond acceptors (Lipinski definition) is 4. The van der Waals surface area contributed by atoms with Gasteiger partial charge in [0, 0.05) is 10.9 Å². The Balaban J connectivity index is 2.23.